The van der Waals surface area contributed by atoms with Crippen molar-refractivity contribution in [3.05, 3.63) is 17.3 Å². The van der Waals surface area contributed by atoms with E-state index in [1.54, 1.807) is 11.3 Å². The second kappa shape index (κ2) is 6.47. The zero-order chi connectivity index (χ0) is 14.8. The summed E-state index contributed by atoms with van der Waals surface area (Å²) in [6.45, 7) is 8.50. The molecule has 0 saturated carbocycles. The van der Waals surface area contributed by atoms with Crippen LogP contribution >= 0.6 is 23.1 Å². The fourth-order valence-corrected chi connectivity index (χ4v) is 3.69. The lowest BCUT2D eigenvalue weighted by molar-refractivity contribution is 0.418. The Morgan fingerprint density at radius 1 is 1.40 bits per heavy atom. The first-order valence-electron chi connectivity index (χ1n) is 6.84. The van der Waals surface area contributed by atoms with Crippen molar-refractivity contribution in [3.63, 3.8) is 0 Å². The third-order valence-electron chi connectivity index (χ3n) is 2.89. The minimum Gasteiger partial charge on any atom is -0.309 e. The SMILES string of the molecule is CN(C)CCSc1nc2sccn2c1CNC(C)(C)C. The zero-order valence-electron chi connectivity index (χ0n) is 12.9. The predicted octanol–water partition coefficient (Wildman–Crippen LogP) is 2.94. The topological polar surface area (TPSA) is 32.6 Å². The van der Waals surface area contributed by atoms with Gasteiger partial charge in [0.2, 0.25) is 0 Å². The summed E-state index contributed by atoms with van der Waals surface area (Å²) < 4.78 is 2.21. The van der Waals surface area contributed by atoms with E-state index in [1.165, 1.54) is 5.69 Å². The molecule has 0 aromatic carbocycles. The molecule has 2 heterocycles. The Kier molecular flexibility index (Phi) is 5.12. The van der Waals surface area contributed by atoms with Crippen LogP contribution in [0.3, 0.4) is 0 Å². The molecule has 2 rings (SSSR count). The minimum atomic E-state index is 0.117. The van der Waals surface area contributed by atoms with Gasteiger partial charge in [-0.1, -0.05) is 0 Å². The molecule has 0 fully saturated rings. The molecular formula is C14H24N4S2. The van der Waals surface area contributed by atoms with Gasteiger partial charge in [0.1, 0.15) is 5.03 Å². The monoisotopic (exact) mass is 312 g/mol. The molecule has 0 amide bonds. The highest BCUT2D eigenvalue weighted by atomic mass is 32.2. The van der Waals surface area contributed by atoms with E-state index in [0.717, 1.165) is 28.8 Å². The van der Waals surface area contributed by atoms with Crippen LogP contribution < -0.4 is 5.32 Å². The summed E-state index contributed by atoms with van der Waals surface area (Å²) in [5, 5.41) is 6.82. The van der Waals surface area contributed by atoms with Gasteiger partial charge < -0.3 is 10.2 Å². The highest BCUT2D eigenvalue weighted by Gasteiger charge is 2.16. The summed E-state index contributed by atoms with van der Waals surface area (Å²) in [6.07, 6.45) is 2.11. The van der Waals surface area contributed by atoms with Crippen LogP contribution in [0.4, 0.5) is 0 Å². The number of thioether (sulfide) groups is 1. The Hall–Kier alpha value is -0.560. The maximum Gasteiger partial charge on any atom is 0.194 e. The summed E-state index contributed by atoms with van der Waals surface area (Å²) in [4.78, 5) is 8.05. The molecule has 0 unspecified atom stereocenters. The summed E-state index contributed by atoms with van der Waals surface area (Å²) in [7, 11) is 4.21. The molecule has 2 aromatic rings. The second-order valence-electron chi connectivity index (χ2n) is 6.17. The van der Waals surface area contributed by atoms with Gasteiger partial charge >= 0.3 is 0 Å². The van der Waals surface area contributed by atoms with Crippen molar-refractivity contribution in [2.45, 2.75) is 37.9 Å². The molecule has 1 N–H and O–H groups in total. The van der Waals surface area contributed by atoms with Crippen LogP contribution in [-0.4, -0.2) is 46.2 Å². The maximum absolute atomic E-state index is 4.76. The molecule has 112 valence electrons. The quantitative estimate of drug-likeness (QED) is 0.831. The fourth-order valence-electron chi connectivity index (χ4n) is 1.76. The van der Waals surface area contributed by atoms with Gasteiger partial charge in [0, 0.05) is 36.0 Å². The first-order valence-corrected chi connectivity index (χ1v) is 8.70. The first kappa shape index (κ1) is 15.8. The number of hydrogen-bond acceptors (Lipinski definition) is 5. The number of rotatable bonds is 6. The lowest BCUT2D eigenvalue weighted by atomic mass is 10.1. The molecule has 6 heteroatoms. The summed E-state index contributed by atoms with van der Waals surface area (Å²) in [5.41, 5.74) is 1.39. The molecule has 4 nitrogen and oxygen atoms in total. The molecule has 0 atom stereocenters. The predicted molar refractivity (Wildman–Crippen MR) is 88.9 cm³/mol. The van der Waals surface area contributed by atoms with Crippen molar-refractivity contribution >= 4 is 28.1 Å². The highest BCUT2D eigenvalue weighted by molar-refractivity contribution is 7.99. The number of imidazole rings is 1. The van der Waals surface area contributed by atoms with Crippen molar-refractivity contribution in [2.24, 2.45) is 0 Å². The summed E-state index contributed by atoms with van der Waals surface area (Å²) >= 11 is 3.55. The van der Waals surface area contributed by atoms with E-state index in [1.807, 2.05) is 11.8 Å². The number of hydrogen-bond donors (Lipinski definition) is 1. The third kappa shape index (κ3) is 4.22. The van der Waals surface area contributed by atoms with Gasteiger partial charge in [-0.05, 0) is 34.9 Å². The Bertz CT molecular complexity index is 551. The standard InChI is InChI=1S/C14H24N4S2/c1-14(2,3)15-10-11-12(19-8-6-17(4)5)16-13-18(11)7-9-20-13/h7,9,15H,6,8,10H2,1-5H3. The number of fused-ring (bicyclic) bond motifs is 1. The van der Waals surface area contributed by atoms with Crippen LogP contribution in [-0.2, 0) is 6.54 Å². The maximum atomic E-state index is 4.76. The lowest BCUT2D eigenvalue weighted by Crippen LogP contribution is -2.35. The van der Waals surface area contributed by atoms with Gasteiger partial charge in [0.15, 0.2) is 4.96 Å². The van der Waals surface area contributed by atoms with Gasteiger partial charge in [-0.2, -0.15) is 0 Å². The second-order valence-corrected chi connectivity index (χ2v) is 8.13. The van der Waals surface area contributed by atoms with Crippen LogP contribution in [0.15, 0.2) is 16.6 Å². The van der Waals surface area contributed by atoms with E-state index in [-0.39, 0.29) is 5.54 Å². The van der Waals surface area contributed by atoms with Crippen LogP contribution in [0.2, 0.25) is 0 Å². The average Bonchev–Trinajstić information content (AvgIpc) is 2.85. The van der Waals surface area contributed by atoms with E-state index < -0.39 is 0 Å². The van der Waals surface area contributed by atoms with Crippen molar-refractivity contribution in [2.75, 3.05) is 26.4 Å². The highest BCUT2D eigenvalue weighted by Crippen LogP contribution is 2.26. The number of nitrogens with one attached hydrogen (secondary N) is 1. The minimum absolute atomic E-state index is 0.117. The van der Waals surface area contributed by atoms with E-state index >= 15 is 0 Å². The van der Waals surface area contributed by atoms with E-state index in [0.29, 0.717) is 0 Å². The van der Waals surface area contributed by atoms with Crippen molar-refractivity contribution in [1.29, 1.82) is 0 Å². The Balaban J connectivity index is 2.13. The van der Waals surface area contributed by atoms with Gasteiger partial charge in [-0.3, -0.25) is 4.40 Å². The molecule has 0 bridgehead atoms. The van der Waals surface area contributed by atoms with E-state index in [4.69, 9.17) is 4.98 Å². The van der Waals surface area contributed by atoms with Crippen molar-refractivity contribution in [3.8, 4) is 0 Å². The molecule has 0 aliphatic rings. The number of aromatic nitrogens is 2. The van der Waals surface area contributed by atoms with Crippen molar-refractivity contribution < 1.29 is 0 Å². The van der Waals surface area contributed by atoms with Crippen LogP contribution in [0.25, 0.3) is 4.96 Å². The Morgan fingerprint density at radius 2 is 2.15 bits per heavy atom. The number of thiazole rings is 1. The largest absolute Gasteiger partial charge is 0.309 e. The summed E-state index contributed by atoms with van der Waals surface area (Å²) in [6, 6.07) is 0. The van der Waals surface area contributed by atoms with Crippen LogP contribution in [0, 0.1) is 0 Å². The molecule has 0 spiro atoms. The van der Waals surface area contributed by atoms with Crippen LogP contribution in [0.1, 0.15) is 26.5 Å². The van der Waals surface area contributed by atoms with Crippen molar-refractivity contribution in [1.82, 2.24) is 19.6 Å². The van der Waals surface area contributed by atoms with Gasteiger partial charge in [0.25, 0.3) is 0 Å². The molecular weight excluding hydrogens is 288 g/mol. The Morgan fingerprint density at radius 3 is 2.80 bits per heavy atom. The molecule has 20 heavy (non-hydrogen) atoms. The van der Waals surface area contributed by atoms with Crippen LogP contribution in [0.5, 0.6) is 0 Å². The zero-order valence-corrected chi connectivity index (χ0v) is 14.6. The fraction of sp³-hybridized carbons (Fsp3) is 0.643. The van der Waals surface area contributed by atoms with E-state index in [2.05, 4.69) is 61.1 Å². The molecule has 0 aliphatic heterocycles. The molecule has 0 radical (unpaired) electrons. The van der Waals surface area contributed by atoms with E-state index in [9.17, 15) is 0 Å². The summed E-state index contributed by atoms with van der Waals surface area (Å²) in [5.74, 6) is 1.07. The Labute approximate surface area is 129 Å². The van der Waals surface area contributed by atoms with Gasteiger partial charge in [-0.25, -0.2) is 4.98 Å². The smallest absolute Gasteiger partial charge is 0.194 e. The average molecular weight is 313 g/mol. The molecule has 0 saturated heterocycles. The number of nitrogens with zero attached hydrogens (tertiary/aromatic N) is 3. The first-order chi connectivity index (χ1) is 9.37. The van der Waals surface area contributed by atoms with Gasteiger partial charge in [0.05, 0.1) is 5.69 Å². The molecule has 0 aliphatic carbocycles. The normalized spacial score (nSPS) is 12.7. The molecule has 2 aromatic heterocycles. The van der Waals surface area contributed by atoms with Gasteiger partial charge in [-0.15, -0.1) is 23.1 Å². The third-order valence-corrected chi connectivity index (χ3v) is 4.63. The lowest BCUT2D eigenvalue weighted by Gasteiger charge is -2.20.